The number of thiazole rings is 1. The van der Waals surface area contributed by atoms with Gasteiger partial charge in [-0.25, -0.2) is 9.97 Å². The van der Waals surface area contributed by atoms with Gasteiger partial charge in [0.2, 0.25) is 0 Å². The quantitative estimate of drug-likeness (QED) is 0.484. The van der Waals surface area contributed by atoms with Gasteiger partial charge in [-0.2, -0.15) is 0 Å². The summed E-state index contributed by atoms with van der Waals surface area (Å²) in [5, 5.41) is 5.26. The summed E-state index contributed by atoms with van der Waals surface area (Å²) in [6, 6.07) is 3.94. The first kappa shape index (κ1) is 17.7. The van der Waals surface area contributed by atoms with Gasteiger partial charge >= 0.3 is 0 Å². The third-order valence-corrected chi connectivity index (χ3v) is 5.59. The van der Waals surface area contributed by atoms with Crippen molar-refractivity contribution in [3.05, 3.63) is 47.8 Å². The van der Waals surface area contributed by atoms with Gasteiger partial charge in [-0.3, -0.25) is 9.97 Å². The van der Waals surface area contributed by atoms with Crippen LogP contribution in [0.15, 0.2) is 35.9 Å². The van der Waals surface area contributed by atoms with E-state index in [-0.39, 0.29) is 0 Å². The summed E-state index contributed by atoms with van der Waals surface area (Å²) in [6.45, 7) is 4.69. The van der Waals surface area contributed by atoms with Gasteiger partial charge in [-0.05, 0) is 44.7 Å². The molecule has 0 fully saturated rings. The summed E-state index contributed by atoms with van der Waals surface area (Å²) in [5.41, 5.74) is 5.56. The van der Waals surface area contributed by atoms with E-state index in [9.17, 15) is 0 Å². The molecule has 27 heavy (non-hydrogen) atoms. The zero-order valence-corrected chi connectivity index (χ0v) is 16.3. The minimum atomic E-state index is 0.619. The summed E-state index contributed by atoms with van der Waals surface area (Å²) in [6.07, 6.45) is 9.21. The van der Waals surface area contributed by atoms with Crippen LogP contribution in [0.1, 0.15) is 43.3 Å². The molecule has 0 radical (unpaired) electrons. The van der Waals surface area contributed by atoms with Crippen LogP contribution >= 0.6 is 11.3 Å². The Morgan fingerprint density at radius 3 is 2.96 bits per heavy atom. The summed E-state index contributed by atoms with van der Waals surface area (Å²) in [5.74, 6) is 0. The summed E-state index contributed by atoms with van der Waals surface area (Å²) >= 11 is 1.61. The highest BCUT2D eigenvalue weighted by Gasteiger charge is 2.21. The Bertz CT molecular complexity index is 968. The number of nitrogens with zero attached hydrogens (tertiary/aromatic N) is 5. The Balaban J connectivity index is 1.71. The van der Waals surface area contributed by atoms with Gasteiger partial charge < -0.3 is 4.84 Å². The Kier molecular flexibility index (Phi) is 5.20. The van der Waals surface area contributed by atoms with E-state index in [0.717, 1.165) is 69.6 Å². The van der Waals surface area contributed by atoms with Crippen LogP contribution in [0.2, 0.25) is 0 Å². The van der Waals surface area contributed by atoms with Crippen molar-refractivity contribution in [2.45, 2.75) is 39.5 Å². The summed E-state index contributed by atoms with van der Waals surface area (Å²) in [4.78, 5) is 24.9. The highest BCUT2D eigenvalue weighted by molar-refractivity contribution is 7.18. The molecule has 3 aromatic heterocycles. The summed E-state index contributed by atoms with van der Waals surface area (Å²) < 4.78 is 0. The number of rotatable bonds is 5. The average molecular weight is 379 g/mol. The molecule has 0 saturated heterocycles. The number of hydrogen-bond acceptors (Lipinski definition) is 7. The van der Waals surface area contributed by atoms with Gasteiger partial charge in [0.25, 0.3) is 0 Å². The molecule has 0 N–H and O–H groups in total. The van der Waals surface area contributed by atoms with Gasteiger partial charge in [0.15, 0.2) is 0 Å². The van der Waals surface area contributed by atoms with E-state index in [1.165, 1.54) is 0 Å². The number of oxime groups is 1. The van der Waals surface area contributed by atoms with E-state index >= 15 is 0 Å². The first-order valence-corrected chi connectivity index (χ1v) is 10.0. The normalized spacial score (nSPS) is 15.0. The van der Waals surface area contributed by atoms with Crippen LogP contribution in [0.3, 0.4) is 0 Å². The molecule has 1 aliphatic rings. The SMILES string of the molecule is CCCON=C1CCCc2ncc(-c3sc(-c4cccnc4)nc3C)nc21. The van der Waals surface area contributed by atoms with Crippen molar-refractivity contribution in [1.82, 2.24) is 19.9 Å². The highest BCUT2D eigenvalue weighted by atomic mass is 32.1. The lowest BCUT2D eigenvalue weighted by atomic mass is 9.98. The molecular weight excluding hydrogens is 358 g/mol. The topological polar surface area (TPSA) is 73.2 Å². The second kappa shape index (κ2) is 7.92. The molecule has 0 aliphatic heterocycles. The monoisotopic (exact) mass is 379 g/mol. The molecule has 3 heterocycles. The van der Waals surface area contributed by atoms with Crippen molar-refractivity contribution in [2.24, 2.45) is 5.16 Å². The van der Waals surface area contributed by atoms with Crippen LogP contribution in [0.25, 0.3) is 21.1 Å². The van der Waals surface area contributed by atoms with E-state index < -0.39 is 0 Å². The Labute approximate surface area is 162 Å². The molecule has 3 aromatic rings. The van der Waals surface area contributed by atoms with E-state index in [0.29, 0.717) is 6.61 Å². The Hall–Kier alpha value is -2.67. The van der Waals surface area contributed by atoms with Crippen LogP contribution in [0.5, 0.6) is 0 Å². The van der Waals surface area contributed by atoms with Gasteiger partial charge in [0, 0.05) is 18.0 Å². The Morgan fingerprint density at radius 2 is 2.15 bits per heavy atom. The molecular formula is C20H21N5OS. The maximum atomic E-state index is 5.41. The maximum Gasteiger partial charge on any atom is 0.125 e. The largest absolute Gasteiger partial charge is 0.396 e. The Morgan fingerprint density at radius 1 is 1.22 bits per heavy atom. The molecule has 6 nitrogen and oxygen atoms in total. The fourth-order valence-corrected chi connectivity index (χ4v) is 4.04. The zero-order chi connectivity index (χ0) is 18.6. The molecule has 0 spiro atoms. The number of fused-ring (bicyclic) bond motifs is 1. The smallest absolute Gasteiger partial charge is 0.125 e. The predicted octanol–water partition coefficient (Wildman–Crippen LogP) is 4.44. The predicted molar refractivity (Wildman–Crippen MR) is 107 cm³/mol. The highest BCUT2D eigenvalue weighted by Crippen LogP contribution is 2.34. The molecule has 138 valence electrons. The molecule has 0 aromatic carbocycles. The van der Waals surface area contributed by atoms with Crippen molar-refractivity contribution < 1.29 is 4.84 Å². The fraction of sp³-hybridized carbons (Fsp3) is 0.350. The number of pyridine rings is 1. The van der Waals surface area contributed by atoms with Crippen molar-refractivity contribution in [2.75, 3.05) is 6.61 Å². The van der Waals surface area contributed by atoms with E-state index in [2.05, 4.69) is 22.0 Å². The lowest BCUT2D eigenvalue weighted by molar-refractivity contribution is 0.144. The number of aryl methyl sites for hydroxylation is 2. The molecule has 0 amide bonds. The fourth-order valence-electron chi connectivity index (χ4n) is 3.03. The molecule has 0 unspecified atom stereocenters. The van der Waals surface area contributed by atoms with E-state index in [1.54, 1.807) is 17.5 Å². The number of aromatic nitrogens is 4. The van der Waals surface area contributed by atoms with Crippen LogP contribution < -0.4 is 0 Å². The molecule has 1 aliphatic carbocycles. The van der Waals surface area contributed by atoms with E-state index in [1.807, 2.05) is 31.5 Å². The van der Waals surface area contributed by atoms with Crippen molar-refractivity contribution >= 4 is 17.0 Å². The first-order chi connectivity index (χ1) is 13.3. The van der Waals surface area contributed by atoms with Crippen LogP contribution in [0, 0.1) is 6.92 Å². The van der Waals surface area contributed by atoms with E-state index in [4.69, 9.17) is 14.8 Å². The van der Waals surface area contributed by atoms with Crippen molar-refractivity contribution in [1.29, 1.82) is 0 Å². The second-order valence-corrected chi connectivity index (χ2v) is 7.45. The molecule has 0 bridgehead atoms. The van der Waals surface area contributed by atoms with Gasteiger partial charge in [-0.1, -0.05) is 12.1 Å². The second-order valence-electron chi connectivity index (χ2n) is 6.45. The standard InChI is InChI=1S/C20H21N5OS/c1-3-10-26-25-16-8-4-7-15-18(16)24-17(12-22-15)19-13(2)23-20(27-19)14-6-5-9-21-11-14/h5-6,9,11-12H,3-4,7-8,10H2,1-2H3. The number of hydrogen-bond donors (Lipinski definition) is 0. The summed E-state index contributed by atoms with van der Waals surface area (Å²) in [7, 11) is 0. The molecule has 4 rings (SSSR count). The molecule has 0 saturated carbocycles. The molecule has 7 heteroatoms. The van der Waals surface area contributed by atoms with Crippen LogP contribution in [0.4, 0.5) is 0 Å². The third-order valence-electron chi connectivity index (χ3n) is 4.36. The van der Waals surface area contributed by atoms with Crippen LogP contribution in [-0.4, -0.2) is 32.3 Å². The molecule has 0 atom stereocenters. The zero-order valence-electron chi connectivity index (χ0n) is 15.5. The lowest BCUT2D eigenvalue weighted by Gasteiger charge is -2.16. The van der Waals surface area contributed by atoms with Gasteiger partial charge in [-0.15, -0.1) is 11.3 Å². The maximum absolute atomic E-state index is 5.41. The van der Waals surface area contributed by atoms with Crippen molar-refractivity contribution in [3.8, 4) is 21.1 Å². The average Bonchev–Trinajstić information content (AvgIpc) is 3.10. The third kappa shape index (κ3) is 3.73. The van der Waals surface area contributed by atoms with Gasteiger partial charge in [0.1, 0.15) is 28.7 Å². The van der Waals surface area contributed by atoms with Crippen LogP contribution in [-0.2, 0) is 11.3 Å². The van der Waals surface area contributed by atoms with Crippen molar-refractivity contribution in [3.63, 3.8) is 0 Å². The first-order valence-electron chi connectivity index (χ1n) is 9.19. The lowest BCUT2D eigenvalue weighted by Crippen LogP contribution is -2.16. The minimum absolute atomic E-state index is 0.619. The van der Waals surface area contributed by atoms with Gasteiger partial charge in [0.05, 0.1) is 22.5 Å². The minimum Gasteiger partial charge on any atom is -0.396 e.